The monoisotopic (exact) mass is 307 g/mol. The molecule has 21 heavy (non-hydrogen) atoms. The Morgan fingerprint density at radius 1 is 1.19 bits per heavy atom. The summed E-state index contributed by atoms with van der Waals surface area (Å²) >= 11 is 0. The van der Waals surface area contributed by atoms with Gasteiger partial charge in [0.2, 0.25) is 0 Å². The Hall–Kier alpha value is -2.40. The van der Waals surface area contributed by atoms with Crippen LogP contribution in [0, 0.1) is 5.21 Å². The highest BCUT2D eigenvalue weighted by molar-refractivity contribution is 7.90. The normalized spacial score (nSPS) is 13.4. The standard InChI is InChI=1S/C11H9N5O4S/c17-16(18)11-13-7-15(14-11)21(19,20)9-5-1-3-8-4-2-6-12-10(8)9/h1-7,16-17H. The van der Waals surface area contributed by atoms with Crippen molar-refractivity contribution < 1.29 is 18.9 Å². The van der Waals surface area contributed by atoms with Gasteiger partial charge in [0.1, 0.15) is 11.2 Å². The van der Waals surface area contributed by atoms with Gasteiger partial charge in [-0.25, -0.2) is 5.21 Å². The molecule has 0 aliphatic rings. The Kier molecular flexibility index (Phi) is 3.14. The van der Waals surface area contributed by atoms with Crippen LogP contribution in [0.15, 0.2) is 47.8 Å². The zero-order chi connectivity index (χ0) is 15.0. The third-order valence-corrected chi connectivity index (χ3v) is 4.34. The highest BCUT2D eigenvalue weighted by atomic mass is 32.2. The summed E-state index contributed by atoms with van der Waals surface area (Å²) in [5, 5.41) is 22.2. The molecule has 0 aliphatic carbocycles. The zero-order valence-electron chi connectivity index (χ0n) is 10.4. The maximum atomic E-state index is 12.5. The number of benzene rings is 1. The van der Waals surface area contributed by atoms with Crippen LogP contribution in [0.4, 0.5) is 5.95 Å². The van der Waals surface area contributed by atoms with Gasteiger partial charge in [-0.2, -0.15) is 18.6 Å². The van der Waals surface area contributed by atoms with E-state index < -0.39 is 21.2 Å². The molecule has 0 amide bonds. The van der Waals surface area contributed by atoms with E-state index in [1.165, 1.54) is 12.3 Å². The molecule has 1 aromatic carbocycles. The molecule has 3 rings (SSSR count). The summed E-state index contributed by atoms with van der Waals surface area (Å²) in [6.45, 7) is 0. The van der Waals surface area contributed by atoms with Gasteiger partial charge in [-0.3, -0.25) is 4.98 Å². The highest BCUT2D eigenvalue weighted by Crippen LogP contribution is 2.22. The van der Waals surface area contributed by atoms with Crippen LogP contribution in [0.3, 0.4) is 0 Å². The molecule has 2 aromatic heterocycles. The van der Waals surface area contributed by atoms with Crippen LogP contribution in [0.25, 0.3) is 10.9 Å². The SMILES string of the molecule is O=S(=O)(c1cccc2cccnc12)n1cnc([NH+]([O-])O)n1. The number of nitrogens with zero attached hydrogens (tertiary/aromatic N) is 4. The molecule has 2 heterocycles. The van der Waals surface area contributed by atoms with E-state index in [4.69, 9.17) is 5.21 Å². The summed E-state index contributed by atoms with van der Waals surface area (Å²) in [6.07, 6.45) is 2.33. The van der Waals surface area contributed by atoms with Crippen molar-refractivity contribution >= 4 is 26.9 Å². The lowest BCUT2D eigenvalue weighted by Crippen LogP contribution is -2.99. The molecule has 0 fully saturated rings. The van der Waals surface area contributed by atoms with Gasteiger partial charge in [0.15, 0.2) is 0 Å². The lowest BCUT2D eigenvalue weighted by molar-refractivity contribution is -0.995. The smallest absolute Gasteiger partial charge is 0.380 e. The minimum Gasteiger partial charge on any atom is -0.592 e. The second kappa shape index (κ2) is 4.86. The van der Waals surface area contributed by atoms with Crippen molar-refractivity contribution in [2.75, 3.05) is 0 Å². The van der Waals surface area contributed by atoms with Crippen LogP contribution >= 0.6 is 0 Å². The van der Waals surface area contributed by atoms with Gasteiger partial charge in [-0.05, 0) is 12.1 Å². The fourth-order valence-electron chi connectivity index (χ4n) is 1.85. The van der Waals surface area contributed by atoms with E-state index in [1.807, 2.05) is 0 Å². The van der Waals surface area contributed by atoms with Crippen molar-refractivity contribution in [2.45, 2.75) is 4.90 Å². The molecule has 1 atom stereocenters. The summed E-state index contributed by atoms with van der Waals surface area (Å²) < 4.78 is 25.6. The van der Waals surface area contributed by atoms with Crippen LogP contribution < -0.4 is 5.23 Å². The second-order valence-electron chi connectivity index (χ2n) is 4.08. The molecule has 9 nitrogen and oxygen atoms in total. The Balaban J connectivity index is 2.20. The number of quaternary nitrogens is 1. The minimum atomic E-state index is -4.06. The van der Waals surface area contributed by atoms with Crippen molar-refractivity contribution in [3.05, 3.63) is 48.1 Å². The first-order chi connectivity index (χ1) is 10.00. The number of hydrogen-bond donors (Lipinski definition) is 2. The van der Waals surface area contributed by atoms with Gasteiger partial charge >= 0.3 is 5.95 Å². The number of nitrogens with one attached hydrogen (secondary N) is 1. The van der Waals surface area contributed by atoms with E-state index >= 15 is 0 Å². The Bertz CT molecular complexity index is 900. The van der Waals surface area contributed by atoms with Crippen LogP contribution in [0.1, 0.15) is 0 Å². The van der Waals surface area contributed by atoms with Crippen molar-refractivity contribution in [3.8, 4) is 0 Å². The van der Waals surface area contributed by atoms with E-state index in [2.05, 4.69) is 15.1 Å². The fraction of sp³-hybridized carbons (Fsp3) is 0. The van der Waals surface area contributed by atoms with Gasteiger partial charge in [0.05, 0.1) is 5.52 Å². The quantitative estimate of drug-likeness (QED) is 0.623. The zero-order valence-corrected chi connectivity index (χ0v) is 11.2. The number of para-hydroxylation sites is 1. The average molecular weight is 307 g/mol. The molecule has 0 saturated carbocycles. The molecule has 0 spiro atoms. The summed E-state index contributed by atoms with van der Waals surface area (Å²) in [6, 6.07) is 8.10. The van der Waals surface area contributed by atoms with Gasteiger partial charge in [-0.15, -0.1) is 4.09 Å². The van der Waals surface area contributed by atoms with Gasteiger partial charge in [0, 0.05) is 11.6 Å². The van der Waals surface area contributed by atoms with Gasteiger partial charge in [0.25, 0.3) is 10.0 Å². The fourth-order valence-corrected chi connectivity index (χ4v) is 3.07. The molecule has 0 aliphatic heterocycles. The lowest BCUT2D eigenvalue weighted by atomic mass is 10.2. The maximum absolute atomic E-state index is 12.5. The average Bonchev–Trinajstić information content (AvgIpc) is 2.97. The molecular formula is C11H9N5O4S. The van der Waals surface area contributed by atoms with Crippen LogP contribution in [-0.2, 0) is 10.0 Å². The number of rotatable bonds is 3. The van der Waals surface area contributed by atoms with E-state index in [1.54, 1.807) is 24.3 Å². The molecule has 0 bridgehead atoms. The van der Waals surface area contributed by atoms with Crippen molar-refractivity contribution in [3.63, 3.8) is 0 Å². The largest absolute Gasteiger partial charge is 0.592 e. The van der Waals surface area contributed by atoms with Crippen LogP contribution in [0.2, 0.25) is 0 Å². The number of hydrogen-bond acceptors (Lipinski definition) is 7. The molecule has 0 radical (unpaired) electrons. The highest BCUT2D eigenvalue weighted by Gasteiger charge is 2.23. The van der Waals surface area contributed by atoms with Crippen molar-refractivity contribution in [2.24, 2.45) is 0 Å². The molecular weight excluding hydrogens is 298 g/mol. The first-order valence-corrected chi connectivity index (χ1v) is 7.18. The predicted molar refractivity (Wildman–Crippen MR) is 70.1 cm³/mol. The Morgan fingerprint density at radius 3 is 2.67 bits per heavy atom. The maximum Gasteiger partial charge on any atom is 0.380 e. The summed E-state index contributed by atoms with van der Waals surface area (Å²) in [7, 11) is -4.06. The van der Waals surface area contributed by atoms with E-state index in [0.29, 0.717) is 9.47 Å². The Morgan fingerprint density at radius 2 is 1.95 bits per heavy atom. The first-order valence-electron chi connectivity index (χ1n) is 5.74. The summed E-state index contributed by atoms with van der Waals surface area (Å²) in [4.78, 5) is 7.43. The third kappa shape index (κ3) is 2.25. The minimum absolute atomic E-state index is 0.0672. The summed E-state index contributed by atoms with van der Waals surface area (Å²) in [5.41, 5.74) is 0.285. The Labute approximate surface area is 118 Å². The molecule has 108 valence electrons. The van der Waals surface area contributed by atoms with Crippen LogP contribution in [0.5, 0.6) is 0 Å². The van der Waals surface area contributed by atoms with Gasteiger partial charge < -0.3 is 5.21 Å². The number of pyridine rings is 1. The van der Waals surface area contributed by atoms with Gasteiger partial charge in [-0.1, -0.05) is 23.3 Å². The van der Waals surface area contributed by atoms with Crippen molar-refractivity contribution in [1.82, 2.24) is 19.2 Å². The van der Waals surface area contributed by atoms with E-state index in [-0.39, 0.29) is 10.4 Å². The number of fused-ring (bicyclic) bond motifs is 1. The predicted octanol–water partition coefficient (Wildman–Crippen LogP) is -0.533. The topological polar surface area (TPSA) is 125 Å². The second-order valence-corrected chi connectivity index (χ2v) is 5.85. The van der Waals surface area contributed by atoms with E-state index in [9.17, 15) is 13.6 Å². The van der Waals surface area contributed by atoms with Crippen molar-refractivity contribution in [1.29, 1.82) is 0 Å². The first kappa shape index (κ1) is 13.6. The summed E-state index contributed by atoms with van der Waals surface area (Å²) in [5.74, 6) is -0.591. The molecule has 0 saturated heterocycles. The molecule has 1 unspecified atom stereocenters. The number of aromatic nitrogens is 4. The molecule has 10 heteroatoms. The van der Waals surface area contributed by atoms with E-state index in [0.717, 1.165) is 6.33 Å². The molecule has 2 N–H and O–H groups in total. The van der Waals surface area contributed by atoms with Crippen LogP contribution in [-0.4, -0.2) is 32.8 Å². The third-order valence-electron chi connectivity index (χ3n) is 2.78. The lowest BCUT2D eigenvalue weighted by Gasteiger charge is -2.07. The molecule has 3 aromatic rings.